The van der Waals surface area contributed by atoms with Crippen molar-refractivity contribution >= 4 is 27.5 Å². The Kier molecular flexibility index (Phi) is 4.75. The van der Waals surface area contributed by atoms with E-state index >= 15 is 0 Å². The second-order valence-electron chi connectivity index (χ2n) is 5.76. The summed E-state index contributed by atoms with van der Waals surface area (Å²) in [5.41, 5.74) is 3.20. The molecule has 0 unspecified atom stereocenters. The van der Waals surface area contributed by atoms with Crippen molar-refractivity contribution in [3.8, 4) is 11.4 Å². The fraction of sp³-hybridized carbons (Fsp3) is 0.0556. The summed E-state index contributed by atoms with van der Waals surface area (Å²) in [6.45, 7) is 0. The van der Waals surface area contributed by atoms with Gasteiger partial charge < -0.3 is 5.32 Å². The maximum Gasteiger partial charge on any atom is 0.228 e. The SMILES string of the molecule is O=C(Cc1ccc(-n2cnnn2)cc1)Nc1cc(Br)ccc1-n1cccn1. The van der Waals surface area contributed by atoms with Gasteiger partial charge in [-0.1, -0.05) is 28.1 Å². The molecule has 2 heterocycles. The van der Waals surface area contributed by atoms with E-state index in [2.05, 4.69) is 41.9 Å². The third kappa shape index (κ3) is 3.93. The molecular weight excluding hydrogens is 410 g/mol. The number of halogens is 1. The fourth-order valence-electron chi connectivity index (χ4n) is 2.65. The third-order valence-electron chi connectivity index (χ3n) is 3.90. The van der Waals surface area contributed by atoms with Crippen molar-refractivity contribution in [3.63, 3.8) is 0 Å². The Balaban J connectivity index is 1.49. The number of tetrazole rings is 1. The number of nitrogens with zero attached hydrogens (tertiary/aromatic N) is 6. The van der Waals surface area contributed by atoms with Crippen LogP contribution in [0.2, 0.25) is 0 Å². The molecule has 4 rings (SSSR count). The molecule has 2 aromatic carbocycles. The van der Waals surface area contributed by atoms with Crippen LogP contribution in [0.1, 0.15) is 5.56 Å². The Bertz CT molecular complexity index is 1040. The van der Waals surface area contributed by atoms with Crippen molar-refractivity contribution in [1.82, 2.24) is 30.0 Å². The maximum atomic E-state index is 12.5. The molecular formula is C18H14BrN7O. The summed E-state index contributed by atoms with van der Waals surface area (Å²) in [7, 11) is 0. The van der Waals surface area contributed by atoms with Crippen LogP contribution in [0.25, 0.3) is 11.4 Å². The highest BCUT2D eigenvalue weighted by Crippen LogP contribution is 2.24. The number of amides is 1. The lowest BCUT2D eigenvalue weighted by molar-refractivity contribution is -0.115. The van der Waals surface area contributed by atoms with Crippen LogP contribution >= 0.6 is 15.9 Å². The first-order valence-electron chi connectivity index (χ1n) is 8.11. The Morgan fingerprint density at radius 2 is 1.96 bits per heavy atom. The molecule has 4 aromatic rings. The third-order valence-corrected chi connectivity index (χ3v) is 4.39. The van der Waals surface area contributed by atoms with Gasteiger partial charge in [0.1, 0.15) is 6.33 Å². The second-order valence-corrected chi connectivity index (χ2v) is 6.67. The van der Waals surface area contributed by atoms with E-state index in [1.807, 2.05) is 54.7 Å². The minimum atomic E-state index is -0.114. The monoisotopic (exact) mass is 423 g/mol. The second kappa shape index (κ2) is 7.50. The lowest BCUT2D eigenvalue weighted by Gasteiger charge is -2.12. The van der Waals surface area contributed by atoms with E-state index in [0.717, 1.165) is 21.4 Å². The number of carbonyl (C=O) groups is 1. The number of anilines is 1. The predicted molar refractivity (Wildman–Crippen MR) is 103 cm³/mol. The van der Waals surface area contributed by atoms with Crippen LogP contribution in [0.15, 0.2) is 71.7 Å². The van der Waals surface area contributed by atoms with Gasteiger partial charge in [-0.2, -0.15) is 5.10 Å². The van der Waals surface area contributed by atoms with Gasteiger partial charge in [0.15, 0.2) is 0 Å². The van der Waals surface area contributed by atoms with Crippen LogP contribution in [0, 0.1) is 0 Å². The molecule has 2 aromatic heterocycles. The van der Waals surface area contributed by atoms with Crippen molar-refractivity contribution in [2.75, 3.05) is 5.32 Å². The van der Waals surface area contributed by atoms with Gasteiger partial charge in [0.05, 0.1) is 23.5 Å². The number of hydrogen-bond acceptors (Lipinski definition) is 5. The molecule has 0 fully saturated rings. The van der Waals surface area contributed by atoms with E-state index in [4.69, 9.17) is 0 Å². The topological polar surface area (TPSA) is 90.5 Å². The highest BCUT2D eigenvalue weighted by atomic mass is 79.9. The summed E-state index contributed by atoms with van der Waals surface area (Å²) >= 11 is 3.44. The smallest absolute Gasteiger partial charge is 0.228 e. The molecule has 0 atom stereocenters. The van der Waals surface area contributed by atoms with E-state index in [-0.39, 0.29) is 12.3 Å². The normalized spacial score (nSPS) is 10.7. The highest BCUT2D eigenvalue weighted by Gasteiger charge is 2.11. The minimum absolute atomic E-state index is 0.114. The molecule has 27 heavy (non-hydrogen) atoms. The molecule has 1 N–H and O–H groups in total. The van der Waals surface area contributed by atoms with Gasteiger partial charge in [0.2, 0.25) is 5.91 Å². The van der Waals surface area contributed by atoms with Crippen LogP contribution in [-0.2, 0) is 11.2 Å². The highest BCUT2D eigenvalue weighted by molar-refractivity contribution is 9.10. The van der Waals surface area contributed by atoms with Crippen molar-refractivity contribution in [1.29, 1.82) is 0 Å². The van der Waals surface area contributed by atoms with Crippen LogP contribution in [0.5, 0.6) is 0 Å². The number of hydrogen-bond donors (Lipinski definition) is 1. The van der Waals surface area contributed by atoms with Gasteiger partial charge in [-0.05, 0) is 52.4 Å². The van der Waals surface area contributed by atoms with Gasteiger partial charge >= 0.3 is 0 Å². The lowest BCUT2D eigenvalue weighted by Crippen LogP contribution is -2.16. The van der Waals surface area contributed by atoms with E-state index in [0.29, 0.717) is 5.69 Å². The first kappa shape index (κ1) is 17.1. The molecule has 0 aliphatic heterocycles. The summed E-state index contributed by atoms with van der Waals surface area (Å²) in [5, 5.41) is 18.3. The molecule has 134 valence electrons. The Morgan fingerprint density at radius 3 is 2.67 bits per heavy atom. The molecule has 0 aliphatic rings. The van der Waals surface area contributed by atoms with Crippen LogP contribution in [-0.4, -0.2) is 35.9 Å². The Hall–Kier alpha value is -3.33. The van der Waals surface area contributed by atoms with Gasteiger partial charge in [-0.25, -0.2) is 9.36 Å². The number of benzene rings is 2. The number of nitrogens with one attached hydrogen (secondary N) is 1. The summed E-state index contributed by atoms with van der Waals surface area (Å²) in [6, 6.07) is 15.0. The average molecular weight is 424 g/mol. The van der Waals surface area contributed by atoms with Gasteiger partial charge in [0, 0.05) is 16.9 Å². The summed E-state index contributed by atoms with van der Waals surface area (Å²) < 4.78 is 4.14. The van der Waals surface area contributed by atoms with E-state index in [1.54, 1.807) is 15.6 Å². The molecule has 0 radical (unpaired) electrons. The van der Waals surface area contributed by atoms with Crippen LogP contribution < -0.4 is 5.32 Å². The molecule has 0 saturated heterocycles. The zero-order valence-corrected chi connectivity index (χ0v) is 15.6. The van der Waals surface area contributed by atoms with Gasteiger partial charge in [-0.15, -0.1) is 5.10 Å². The summed E-state index contributed by atoms with van der Waals surface area (Å²) in [4.78, 5) is 12.5. The lowest BCUT2D eigenvalue weighted by atomic mass is 10.1. The zero-order chi connectivity index (χ0) is 18.6. The first-order chi connectivity index (χ1) is 13.2. The Morgan fingerprint density at radius 1 is 1.11 bits per heavy atom. The van der Waals surface area contributed by atoms with Crippen molar-refractivity contribution < 1.29 is 4.79 Å². The molecule has 0 saturated carbocycles. The number of aromatic nitrogens is 6. The van der Waals surface area contributed by atoms with Crippen molar-refractivity contribution in [2.45, 2.75) is 6.42 Å². The predicted octanol–water partition coefficient (Wildman–Crippen LogP) is 2.79. The van der Waals surface area contributed by atoms with E-state index < -0.39 is 0 Å². The van der Waals surface area contributed by atoms with E-state index in [1.165, 1.54) is 6.33 Å². The fourth-order valence-corrected chi connectivity index (χ4v) is 3.01. The van der Waals surface area contributed by atoms with Crippen molar-refractivity contribution in [2.24, 2.45) is 0 Å². The first-order valence-corrected chi connectivity index (χ1v) is 8.90. The standard InChI is InChI=1S/C18H14BrN7O/c19-14-4-7-17(25-9-1-8-21-25)16(11-14)22-18(27)10-13-2-5-15(6-3-13)26-12-20-23-24-26/h1-9,11-12H,10H2,(H,22,27). The molecule has 0 bridgehead atoms. The molecule has 1 amide bonds. The van der Waals surface area contributed by atoms with Crippen LogP contribution in [0.4, 0.5) is 5.69 Å². The maximum absolute atomic E-state index is 12.5. The average Bonchev–Trinajstić information content (AvgIpc) is 3.37. The van der Waals surface area contributed by atoms with E-state index in [9.17, 15) is 4.79 Å². The summed E-state index contributed by atoms with van der Waals surface area (Å²) in [6.07, 6.45) is 5.29. The van der Waals surface area contributed by atoms with Gasteiger partial charge in [-0.3, -0.25) is 4.79 Å². The molecule has 0 aliphatic carbocycles. The quantitative estimate of drug-likeness (QED) is 0.532. The Labute approximate surface area is 163 Å². The number of carbonyl (C=O) groups excluding carboxylic acids is 1. The zero-order valence-electron chi connectivity index (χ0n) is 14.0. The van der Waals surface area contributed by atoms with Crippen LogP contribution in [0.3, 0.4) is 0 Å². The van der Waals surface area contributed by atoms with Gasteiger partial charge in [0.25, 0.3) is 0 Å². The number of rotatable bonds is 5. The molecule has 9 heteroatoms. The minimum Gasteiger partial charge on any atom is -0.324 e. The molecule has 8 nitrogen and oxygen atoms in total. The van der Waals surface area contributed by atoms with Crippen molar-refractivity contribution in [3.05, 3.63) is 77.3 Å². The molecule has 0 spiro atoms. The largest absolute Gasteiger partial charge is 0.324 e. The summed E-state index contributed by atoms with van der Waals surface area (Å²) in [5.74, 6) is -0.114.